The van der Waals surface area contributed by atoms with Crippen LogP contribution >= 0.6 is 0 Å². The Labute approximate surface area is 119 Å². The molecular formula is C15H21N3O2. The molecule has 1 saturated heterocycles. The van der Waals surface area contributed by atoms with Gasteiger partial charge in [0, 0.05) is 18.9 Å². The molecule has 5 nitrogen and oxygen atoms in total. The fourth-order valence-electron chi connectivity index (χ4n) is 2.60. The van der Waals surface area contributed by atoms with Gasteiger partial charge in [-0.25, -0.2) is 0 Å². The van der Waals surface area contributed by atoms with E-state index in [2.05, 4.69) is 10.3 Å². The summed E-state index contributed by atoms with van der Waals surface area (Å²) in [6.07, 6.45) is 4.04. The summed E-state index contributed by atoms with van der Waals surface area (Å²) in [5.74, 6) is 0.0124. The molecule has 2 amide bonds. The van der Waals surface area contributed by atoms with E-state index < -0.39 is 12.1 Å². The van der Waals surface area contributed by atoms with Crippen LogP contribution in [0.2, 0.25) is 0 Å². The van der Waals surface area contributed by atoms with Gasteiger partial charge < -0.3 is 10.2 Å². The Balaban J connectivity index is 2.27. The standard InChI is InChI=1S/C15H21N3O2/c1-4-12-15(20)18(9-11-6-5-7-16-8-11)13(10(2)3)14(19)17-12/h5-8,10,12-13H,4,9H2,1-3H3,(H,17,19). The molecule has 0 saturated carbocycles. The topological polar surface area (TPSA) is 62.3 Å². The Hall–Kier alpha value is -1.91. The lowest BCUT2D eigenvalue weighted by molar-refractivity contribution is -0.152. The van der Waals surface area contributed by atoms with Crippen LogP contribution < -0.4 is 5.32 Å². The molecule has 0 spiro atoms. The molecule has 2 atom stereocenters. The van der Waals surface area contributed by atoms with Gasteiger partial charge in [-0.3, -0.25) is 14.6 Å². The van der Waals surface area contributed by atoms with Crippen LogP contribution in [0.25, 0.3) is 0 Å². The second-order valence-electron chi connectivity index (χ2n) is 5.49. The second-order valence-corrected chi connectivity index (χ2v) is 5.49. The molecule has 2 rings (SSSR count). The smallest absolute Gasteiger partial charge is 0.246 e. The number of aromatic nitrogens is 1. The number of rotatable bonds is 4. The third-order valence-electron chi connectivity index (χ3n) is 3.62. The monoisotopic (exact) mass is 275 g/mol. The zero-order chi connectivity index (χ0) is 14.7. The minimum absolute atomic E-state index is 0.00495. The fourth-order valence-corrected chi connectivity index (χ4v) is 2.60. The summed E-state index contributed by atoms with van der Waals surface area (Å²) in [6, 6.07) is 2.94. The van der Waals surface area contributed by atoms with Crippen LogP contribution in [0.1, 0.15) is 32.8 Å². The van der Waals surface area contributed by atoms with Gasteiger partial charge in [-0.15, -0.1) is 0 Å². The van der Waals surface area contributed by atoms with E-state index >= 15 is 0 Å². The van der Waals surface area contributed by atoms with E-state index in [1.165, 1.54) is 0 Å². The molecular weight excluding hydrogens is 254 g/mol. The van der Waals surface area contributed by atoms with Gasteiger partial charge in [0.15, 0.2) is 0 Å². The average Bonchev–Trinajstić information content (AvgIpc) is 2.43. The molecule has 0 aliphatic carbocycles. The van der Waals surface area contributed by atoms with Crippen LogP contribution in [0, 0.1) is 5.92 Å². The van der Waals surface area contributed by atoms with Gasteiger partial charge in [-0.2, -0.15) is 0 Å². The van der Waals surface area contributed by atoms with Gasteiger partial charge in [-0.05, 0) is 24.0 Å². The van der Waals surface area contributed by atoms with Crippen molar-refractivity contribution < 1.29 is 9.59 Å². The summed E-state index contributed by atoms with van der Waals surface area (Å²) in [5.41, 5.74) is 0.941. The van der Waals surface area contributed by atoms with Crippen molar-refractivity contribution in [1.29, 1.82) is 0 Å². The zero-order valence-corrected chi connectivity index (χ0v) is 12.2. The van der Waals surface area contributed by atoms with Crippen molar-refractivity contribution in [1.82, 2.24) is 15.2 Å². The minimum Gasteiger partial charge on any atom is -0.343 e. The van der Waals surface area contributed by atoms with E-state index in [4.69, 9.17) is 0 Å². The highest BCUT2D eigenvalue weighted by atomic mass is 16.2. The van der Waals surface area contributed by atoms with Gasteiger partial charge >= 0.3 is 0 Å². The SMILES string of the molecule is CCC1NC(=O)C(C(C)C)N(Cc2cccnc2)C1=O. The third-order valence-corrected chi connectivity index (χ3v) is 3.62. The number of amides is 2. The Bertz CT molecular complexity index is 487. The van der Waals surface area contributed by atoms with Crippen molar-refractivity contribution >= 4 is 11.8 Å². The van der Waals surface area contributed by atoms with Gasteiger partial charge in [0.1, 0.15) is 12.1 Å². The molecule has 0 aromatic carbocycles. The van der Waals surface area contributed by atoms with E-state index in [0.29, 0.717) is 13.0 Å². The van der Waals surface area contributed by atoms with Crippen LogP contribution in [0.3, 0.4) is 0 Å². The predicted octanol–water partition coefficient (Wildman–Crippen LogP) is 1.34. The third kappa shape index (κ3) is 2.81. The summed E-state index contributed by atoms with van der Waals surface area (Å²) in [7, 11) is 0. The molecule has 20 heavy (non-hydrogen) atoms. The van der Waals surface area contributed by atoms with E-state index in [1.54, 1.807) is 17.3 Å². The summed E-state index contributed by atoms with van der Waals surface area (Å²) in [6.45, 7) is 6.25. The van der Waals surface area contributed by atoms with E-state index in [0.717, 1.165) is 5.56 Å². The number of hydrogen-bond acceptors (Lipinski definition) is 3. The molecule has 0 bridgehead atoms. The molecule has 0 radical (unpaired) electrons. The Morgan fingerprint density at radius 3 is 2.70 bits per heavy atom. The van der Waals surface area contributed by atoms with Gasteiger partial charge in [0.05, 0.1) is 0 Å². The van der Waals surface area contributed by atoms with Crippen LogP contribution in [-0.4, -0.2) is 33.8 Å². The van der Waals surface area contributed by atoms with Crippen LogP contribution in [0.4, 0.5) is 0 Å². The Morgan fingerprint density at radius 1 is 1.40 bits per heavy atom. The number of carbonyl (C=O) groups excluding carboxylic acids is 2. The molecule has 1 aromatic rings. The molecule has 1 aliphatic rings. The Kier molecular flexibility index (Phi) is 4.37. The molecule has 108 valence electrons. The largest absolute Gasteiger partial charge is 0.343 e. The summed E-state index contributed by atoms with van der Waals surface area (Å²) >= 11 is 0. The van der Waals surface area contributed by atoms with Crippen LogP contribution in [0.15, 0.2) is 24.5 Å². The molecule has 1 aromatic heterocycles. The van der Waals surface area contributed by atoms with Crippen molar-refractivity contribution in [2.75, 3.05) is 0 Å². The first-order valence-corrected chi connectivity index (χ1v) is 7.04. The summed E-state index contributed by atoms with van der Waals surface area (Å²) < 4.78 is 0. The number of carbonyl (C=O) groups is 2. The van der Waals surface area contributed by atoms with E-state index in [-0.39, 0.29) is 17.7 Å². The molecule has 1 N–H and O–H groups in total. The highest BCUT2D eigenvalue weighted by molar-refractivity contribution is 5.97. The number of nitrogens with zero attached hydrogens (tertiary/aromatic N) is 2. The molecule has 1 fully saturated rings. The number of nitrogens with one attached hydrogen (secondary N) is 1. The van der Waals surface area contributed by atoms with E-state index in [1.807, 2.05) is 32.9 Å². The first-order chi connectivity index (χ1) is 9.54. The summed E-state index contributed by atoms with van der Waals surface area (Å²) in [5, 5.41) is 2.82. The predicted molar refractivity (Wildman–Crippen MR) is 75.6 cm³/mol. The van der Waals surface area contributed by atoms with Crippen molar-refractivity contribution in [2.45, 2.75) is 45.8 Å². The van der Waals surface area contributed by atoms with Crippen molar-refractivity contribution in [3.8, 4) is 0 Å². The normalized spacial score (nSPS) is 23.1. The lowest BCUT2D eigenvalue weighted by Crippen LogP contribution is -2.64. The fraction of sp³-hybridized carbons (Fsp3) is 0.533. The molecule has 2 heterocycles. The maximum Gasteiger partial charge on any atom is 0.246 e. The van der Waals surface area contributed by atoms with Crippen molar-refractivity contribution in [2.24, 2.45) is 5.92 Å². The lowest BCUT2D eigenvalue weighted by atomic mass is 9.95. The Morgan fingerprint density at radius 2 is 2.15 bits per heavy atom. The van der Waals surface area contributed by atoms with Crippen molar-refractivity contribution in [3.63, 3.8) is 0 Å². The number of piperazine rings is 1. The van der Waals surface area contributed by atoms with Gasteiger partial charge in [0.25, 0.3) is 0 Å². The molecule has 5 heteroatoms. The maximum absolute atomic E-state index is 12.5. The first kappa shape index (κ1) is 14.5. The van der Waals surface area contributed by atoms with Crippen LogP contribution in [0.5, 0.6) is 0 Å². The van der Waals surface area contributed by atoms with Crippen molar-refractivity contribution in [3.05, 3.63) is 30.1 Å². The highest BCUT2D eigenvalue weighted by Crippen LogP contribution is 2.21. The van der Waals surface area contributed by atoms with Crippen LogP contribution in [-0.2, 0) is 16.1 Å². The minimum atomic E-state index is -0.412. The van der Waals surface area contributed by atoms with Gasteiger partial charge in [0.2, 0.25) is 11.8 Å². The maximum atomic E-state index is 12.5. The van der Waals surface area contributed by atoms with E-state index in [9.17, 15) is 9.59 Å². The number of pyridine rings is 1. The lowest BCUT2D eigenvalue weighted by Gasteiger charge is -2.40. The zero-order valence-electron chi connectivity index (χ0n) is 12.2. The van der Waals surface area contributed by atoms with Gasteiger partial charge in [-0.1, -0.05) is 26.8 Å². The molecule has 2 unspecified atom stereocenters. The first-order valence-electron chi connectivity index (χ1n) is 7.04. The second kappa shape index (κ2) is 6.03. The quantitative estimate of drug-likeness (QED) is 0.902. The summed E-state index contributed by atoms with van der Waals surface area (Å²) in [4.78, 5) is 30.5. The average molecular weight is 275 g/mol. The number of hydrogen-bond donors (Lipinski definition) is 1. The molecule has 1 aliphatic heterocycles. The highest BCUT2D eigenvalue weighted by Gasteiger charge is 2.41.